The summed E-state index contributed by atoms with van der Waals surface area (Å²) in [6.07, 6.45) is 0. The lowest BCUT2D eigenvalue weighted by Crippen LogP contribution is -1.78. The topological polar surface area (TPSA) is 0 Å². The summed E-state index contributed by atoms with van der Waals surface area (Å²) in [6, 6.07) is 7.95. The molecule has 64 valence electrons. The van der Waals surface area contributed by atoms with Gasteiger partial charge in [-0.2, -0.15) is 0 Å². The molecule has 0 aromatic heterocycles. The fraction of sp³-hybridized carbons (Fsp3) is 0.200. The number of aryl methyl sites for hydroxylation is 1. The van der Waals surface area contributed by atoms with Crippen molar-refractivity contribution in [3.8, 4) is 0 Å². The molecule has 0 aliphatic carbocycles. The molecule has 12 heavy (non-hydrogen) atoms. The van der Waals surface area contributed by atoms with Gasteiger partial charge in [0.05, 0.1) is 5.03 Å². The third-order valence-corrected chi connectivity index (χ3v) is 2.39. The predicted octanol–water partition coefficient (Wildman–Crippen LogP) is 4.16. The SMILES string of the molecule is C/C(Cl)=C(\Cl)c1ccc(C)cc1. The average Bonchev–Trinajstić information content (AvgIpc) is 2.04. The molecule has 1 rings (SSSR count). The first-order valence-electron chi connectivity index (χ1n) is 3.70. The zero-order valence-corrected chi connectivity index (χ0v) is 8.58. The predicted molar refractivity (Wildman–Crippen MR) is 55.5 cm³/mol. The molecule has 0 unspecified atom stereocenters. The standard InChI is InChI=1S/C10H10Cl2/c1-7-3-5-9(6-4-7)10(12)8(2)11/h3-6H,1-2H3/b10-8+. The smallest absolute Gasteiger partial charge is 0.0620 e. The number of hydrogen-bond donors (Lipinski definition) is 0. The highest BCUT2D eigenvalue weighted by atomic mass is 35.5. The molecule has 0 atom stereocenters. The van der Waals surface area contributed by atoms with Crippen LogP contribution in [0.25, 0.3) is 5.03 Å². The second-order valence-corrected chi connectivity index (χ2v) is 3.66. The van der Waals surface area contributed by atoms with Crippen molar-refractivity contribution in [3.05, 3.63) is 40.4 Å². The van der Waals surface area contributed by atoms with Gasteiger partial charge in [-0.25, -0.2) is 0 Å². The van der Waals surface area contributed by atoms with E-state index in [0.717, 1.165) is 5.56 Å². The highest BCUT2D eigenvalue weighted by Crippen LogP contribution is 2.24. The van der Waals surface area contributed by atoms with Crippen LogP contribution in [0, 0.1) is 6.92 Å². The molecular formula is C10H10Cl2. The van der Waals surface area contributed by atoms with Crippen molar-refractivity contribution < 1.29 is 0 Å². The van der Waals surface area contributed by atoms with Crippen molar-refractivity contribution in [2.75, 3.05) is 0 Å². The van der Waals surface area contributed by atoms with Crippen LogP contribution >= 0.6 is 23.2 Å². The maximum absolute atomic E-state index is 5.94. The third kappa shape index (κ3) is 2.26. The highest BCUT2D eigenvalue weighted by Gasteiger charge is 1.99. The molecule has 0 radical (unpaired) electrons. The first kappa shape index (κ1) is 9.63. The molecule has 1 aromatic rings. The normalized spacial score (nSPS) is 12.7. The van der Waals surface area contributed by atoms with E-state index in [0.29, 0.717) is 10.1 Å². The van der Waals surface area contributed by atoms with Crippen LogP contribution in [0.2, 0.25) is 0 Å². The molecule has 0 aliphatic heterocycles. The highest BCUT2D eigenvalue weighted by molar-refractivity contribution is 6.54. The number of halogens is 2. The second kappa shape index (κ2) is 3.97. The van der Waals surface area contributed by atoms with Crippen LogP contribution in [0.5, 0.6) is 0 Å². The van der Waals surface area contributed by atoms with E-state index < -0.39 is 0 Å². The van der Waals surface area contributed by atoms with Crippen molar-refractivity contribution in [1.29, 1.82) is 0 Å². The monoisotopic (exact) mass is 200 g/mol. The molecule has 2 heteroatoms. The van der Waals surface area contributed by atoms with Crippen LogP contribution in [0.15, 0.2) is 29.3 Å². The van der Waals surface area contributed by atoms with E-state index in [9.17, 15) is 0 Å². The zero-order chi connectivity index (χ0) is 9.14. The van der Waals surface area contributed by atoms with Gasteiger partial charge >= 0.3 is 0 Å². The summed E-state index contributed by atoms with van der Waals surface area (Å²) >= 11 is 11.7. The number of rotatable bonds is 1. The summed E-state index contributed by atoms with van der Waals surface area (Å²) in [5.74, 6) is 0. The van der Waals surface area contributed by atoms with Gasteiger partial charge in [-0.05, 0) is 19.4 Å². The molecule has 0 fully saturated rings. The van der Waals surface area contributed by atoms with Gasteiger partial charge in [-0.3, -0.25) is 0 Å². The summed E-state index contributed by atoms with van der Waals surface area (Å²) in [7, 11) is 0. The molecule has 0 nitrogen and oxygen atoms in total. The van der Waals surface area contributed by atoms with Crippen LogP contribution in [0.1, 0.15) is 18.1 Å². The Morgan fingerprint density at radius 1 is 1.08 bits per heavy atom. The van der Waals surface area contributed by atoms with Crippen LogP contribution < -0.4 is 0 Å². The van der Waals surface area contributed by atoms with E-state index in [4.69, 9.17) is 23.2 Å². The van der Waals surface area contributed by atoms with Gasteiger partial charge in [0.25, 0.3) is 0 Å². The Kier molecular flexibility index (Phi) is 3.19. The maximum atomic E-state index is 5.94. The van der Waals surface area contributed by atoms with Gasteiger partial charge < -0.3 is 0 Å². The lowest BCUT2D eigenvalue weighted by Gasteiger charge is -2.00. The summed E-state index contributed by atoms with van der Waals surface area (Å²) in [4.78, 5) is 0. The minimum absolute atomic E-state index is 0.622. The van der Waals surface area contributed by atoms with Gasteiger partial charge in [-0.1, -0.05) is 53.0 Å². The molecule has 1 aromatic carbocycles. The van der Waals surface area contributed by atoms with Gasteiger partial charge in [0.15, 0.2) is 0 Å². The minimum Gasteiger partial charge on any atom is -0.0878 e. The first-order chi connectivity index (χ1) is 5.61. The number of hydrogen-bond acceptors (Lipinski definition) is 0. The number of benzene rings is 1. The van der Waals surface area contributed by atoms with Crippen molar-refractivity contribution in [1.82, 2.24) is 0 Å². The molecule has 0 amide bonds. The van der Waals surface area contributed by atoms with Gasteiger partial charge in [0, 0.05) is 5.03 Å². The molecule has 0 heterocycles. The lowest BCUT2D eigenvalue weighted by atomic mass is 10.1. The molecule has 0 N–H and O–H groups in total. The quantitative estimate of drug-likeness (QED) is 0.639. The van der Waals surface area contributed by atoms with Crippen LogP contribution in [-0.4, -0.2) is 0 Å². The summed E-state index contributed by atoms with van der Waals surface area (Å²) < 4.78 is 0. The Labute approximate surface area is 82.8 Å². The Morgan fingerprint density at radius 2 is 1.58 bits per heavy atom. The molecule has 0 bridgehead atoms. The lowest BCUT2D eigenvalue weighted by molar-refractivity contribution is 1.46. The molecule has 0 saturated carbocycles. The Balaban J connectivity index is 3.06. The summed E-state index contributed by atoms with van der Waals surface area (Å²) in [5.41, 5.74) is 2.19. The van der Waals surface area contributed by atoms with Gasteiger partial charge in [-0.15, -0.1) is 0 Å². The van der Waals surface area contributed by atoms with E-state index in [1.165, 1.54) is 5.56 Å². The van der Waals surface area contributed by atoms with E-state index >= 15 is 0 Å². The third-order valence-electron chi connectivity index (χ3n) is 1.61. The van der Waals surface area contributed by atoms with Crippen molar-refractivity contribution in [2.45, 2.75) is 13.8 Å². The van der Waals surface area contributed by atoms with E-state index in [-0.39, 0.29) is 0 Å². The van der Waals surface area contributed by atoms with Crippen LogP contribution in [0.4, 0.5) is 0 Å². The Bertz CT molecular complexity index is 292. The zero-order valence-electron chi connectivity index (χ0n) is 7.07. The minimum atomic E-state index is 0.622. The fourth-order valence-corrected chi connectivity index (χ4v) is 1.13. The Hall–Kier alpha value is -0.460. The molecular weight excluding hydrogens is 191 g/mol. The van der Waals surface area contributed by atoms with E-state index in [2.05, 4.69) is 0 Å². The average molecular weight is 201 g/mol. The van der Waals surface area contributed by atoms with Crippen molar-refractivity contribution >= 4 is 28.2 Å². The van der Waals surface area contributed by atoms with E-state index in [1.54, 1.807) is 6.92 Å². The summed E-state index contributed by atoms with van der Waals surface area (Å²) in [5, 5.41) is 1.25. The first-order valence-corrected chi connectivity index (χ1v) is 4.46. The molecule has 0 aliphatic rings. The largest absolute Gasteiger partial charge is 0.0878 e. The van der Waals surface area contributed by atoms with Gasteiger partial charge in [0.2, 0.25) is 0 Å². The Morgan fingerprint density at radius 3 is 2.00 bits per heavy atom. The van der Waals surface area contributed by atoms with Crippen molar-refractivity contribution in [3.63, 3.8) is 0 Å². The van der Waals surface area contributed by atoms with Gasteiger partial charge in [0.1, 0.15) is 0 Å². The second-order valence-electron chi connectivity index (χ2n) is 2.71. The molecule has 0 saturated heterocycles. The maximum Gasteiger partial charge on any atom is 0.0620 e. The summed E-state index contributed by atoms with van der Waals surface area (Å²) in [6.45, 7) is 3.82. The fourth-order valence-electron chi connectivity index (χ4n) is 0.899. The molecule has 0 spiro atoms. The van der Waals surface area contributed by atoms with E-state index in [1.807, 2.05) is 31.2 Å². The number of allylic oxidation sites excluding steroid dienone is 1. The van der Waals surface area contributed by atoms with Crippen LogP contribution in [0.3, 0.4) is 0 Å². The van der Waals surface area contributed by atoms with Crippen LogP contribution in [-0.2, 0) is 0 Å². The van der Waals surface area contributed by atoms with Crippen molar-refractivity contribution in [2.24, 2.45) is 0 Å².